The van der Waals surface area contributed by atoms with Gasteiger partial charge >= 0.3 is 5.69 Å². The lowest BCUT2D eigenvalue weighted by molar-refractivity contribution is 0.167. The Kier molecular flexibility index (Phi) is 1.68. The van der Waals surface area contributed by atoms with Gasteiger partial charge in [0.05, 0.1) is 5.69 Å². The lowest BCUT2D eigenvalue weighted by atomic mass is 10.3. The summed E-state index contributed by atoms with van der Waals surface area (Å²) in [5.41, 5.74) is 1.41. The van der Waals surface area contributed by atoms with Gasteiger partial charge in [-0.3, -0.25) is 4.57 Å². The zero-order valence-corrected chi connectivity index (χ0v) is 7.60. The molecule has 0 fully saturated rings. The fourth-order valence-corrected chi connectivity index (χ4v) is 2.45. The van der Waals surface area contributed by atoms with Crippen LogP contribution < -0.4 is 5.69 Å². The molecule has 0 aromatic carbocycles. The summed E-state index contributed by atoms with van der Waals surface area (Å²) < 4.78 is 2.29. The van der Waals surface area contributed by atoms with E-state index in [4.69, 9.17) is 0 Å². The quantitative estimate of drug-likeness (QED) is 0.589. The highest BCUT2D eigenvalue weighted by Gasteiger charge is 2.19. The Balaban J connectivity index is 2.68. The molecule has 1 aromatic heterocycles. The van der Waals surface area contributed by atoms with Gasteiger partial charge in [-0.1, -0.05) is 0 Å². The van der Waals surface area contributed by atoms with E-state index in [1.165, 1.54) is 4.57 Å². The molecule has 0 bridgehead atoms. The molecule has 0 spiro atoms. The summed E-state index contributed by atoms with van der Waals surface area (Å²) in [5.74, 6) is 1.77. The highest BCUT2D eigenvalue weighted by molar-refractivity contribution is 7.98. The number of rotatable bonds is 0. The number of hydrogen-bond donors (Lipinski definition) is 1. The molecule has 1 aliphatic rings. The summed E-state index contributed by atoms with van der Waals surface area (Å²) in [5, 5.41) is 9.33. The number of fused-ring (bicyclic) bond motifs is 1. The number of imidazole rings is 1. The van der Waals surface area contributed by atoms with Crippen LogP contribution in [0.2, 0.25) is 0 Å². The first-order valence-electron chi connectivity index (χ1n) is 3.78. The molecule has 0 radical (unpaired) electrons. The van der Waals surface area contributed by atoms with Gasteiger partial charge in [0, 0.05) is 18.5 Å². The second-order valence-corrected chi connectivity index (χ2v) is 3.95. The molecule has 0 aliphatic carbocycles. The zero-order valence-electron chi connectivity index (χ0n) is 6.78. The molecule has 0 saturated carbocycles. The van der Waals surface area contributed by atoms with E-state index >= 15 is 0 Å². The fraction of sp³-hybridized carbons (Fsp3) is 0.571. The first kappa shape index (κ1) is 7.79. The van der Waals surface area contributed by atoms with Crippen molar-refractivity contribution in [2.24, 2.45) is 7.05 Å². The minimum Gasteiger partial charge on any atom is -0.424 e. The summed E-state index contributed by atoms with van der Waals surface area (Å²) in [6.45, 7) is 0. The summed E-state index contributed by atoms with van der Waals surface area (Å²) in [6.07, 6.45) is 0.874. The van der Waals surface area contributed by atoms with Crippen LogP contribution in [0.3, 0.4) is 0 Å². The van der Waals surface area contributed by atoms with Crippen molar-refractivity contribution in [3.63, 3.8) is 0 Å². The molecular weight excluding hydrogens is 176 g/mol. The predicted octanol–water partition coefficient (Wildman–Crippen LogP) is 0.213. The van der Waals surface area contributed by atoms with Gasteiger partial charge in [0.1, 0.15) is 0 Å². The van der Waals surface area contributed by atoms with Gasteiger partial charge in [0.25, 0.3) is 0 Å². The van der Waals surface area contributed by atoms with Crippen molar-refractivity contribution in [2.45, 2.75) is 12.2 Å². The molecule has 5 heteroatoms. The van der Waals surface area contributed by atoms with Crippen LogP contribution in [-0.4, -0.2) is 20.3 Å². The van der Waals surface area contributed by atoms with Gasteiger partial charge in [-0.15, -0.1) is 4.73 Å². The maximum Gasteiger partial charge on any atom is 0.361 e. The lowest BCUT2D eigenvalue weighted by Gasteiger charge is -2.11. The Morgan fingerprint density at radius 2 is 2.25 bits per heavy atom. The highest BCUT2D eigenvalue weighted by atomic mass is 32.2. The van der Waals surface area contributed by atoms with E-state index < -0.39 is 0 Å². The Labute approximate surface area is 73.8 Å². The topological polar surface area (TPSA) is 47.2 Å². The van der Waals surface area contributed by atoms with Crippen molar-refractivity contribution < 1.29 is 5.21 Å². The summed E-state index contributed by atoms with van der Waals surface area (Å²) in [7, 11) is 1.70. The molecular formula is C7H10N2O2S. The second-order valence-electron chi connectivity index (χ2n) is 2.85. The summed E-state index contributed by atoms with van der Waals surface area (Å²) >= 11 is 1.74. The predicted molar refractivity (Wildman–Crippen MR) is 46.7 cm³/mol. The monoisotopic (exact) mass is 186 g/mol. The molecule has 0 unspecified atom stereocenters. The molecule has 66 valence electrons. The third-order valence-electron chi connectivity index (χ3n) is 2.18. The van der Waals surface area contributed by atoms with Crippen molar-refractivity contribution >= 4 is 11.8 Å². The third-order valence-corrected chi connectivity index (χ3v) is 3.15. The van der Waals surface area contributed by atoms with Crippen LogP contribution in [0.4, 0.5) is 0 Å². The largest absolute Gasteiger partial charge is 0.424 e. The SMILES string of the molecule is Cn1c2c(n(O)c1=O)CSCC2. The first-order valence-corrected chi connectivity index (χ1v) is 4.93. The Morgan fingerprint density at radius 3 is 2.92 bits per heavy atom. The standard InChI is InChI=1S/C7H10N2O2S/c1-8-5-2-3-12-4-6(5)9(11)7(8)10/h11H,2-4H2,1H3. The molecule has 1 aliphatic heterocycles. The van der Waals surface area contributed by atoms with Crippen LogP contribution in [0.1, 0.15) is 11.4 Å². The van der Waals surface area contributed by atoms with Crippen LogP contribution >= 0.6 is 11.8 Å². The molecule has 4 nitrogen and oxygen atoms in total. The van der Waals surface area contributed by atoms with Gasteiger partial charge in [-0.05, 0) is 12.2 Å². The molecule has 2 rings (SSSR count). The minimum absolute atomic E-state index is 0.331. The van der Waals surface area contributed by atoms with Gasteiger partial charge in [-0.2, -0.15) is 11.8 Å². The van der Waals surface area contributed by atoms with E-state index in [1.807, 2.05) is 0 Å². The third kappa shape index (κ3) is 0.891. The van der Waals surface area contributed by atoms with E-state index in [9.17, 15) is 10.0 Å². The highest BCUT2D eigenvalue weighted by Crippen LogP contribution is 2.22. The van der Waals surface area contributed by atoms with Crippen molar-refractivity contribution in [3.8, 4) is 0 Å². The fourth-order valence-electron chi connectivity index (χ4n) is 1.48. The van der Waals surface area contributed by atoms with Crippen LogP contribution in [0.5, 0.6) is 0 Å². The van der Waals surface area contributed by atoms with Crippen molar-refractivity contribution in [1.29, 1.82) is 0 Å². The van der Waals surface area contributed by atoms with Crippen molar-refractivity contribution in [3.05, 3.63) is 21.9 Å². The van der Waals surface area contributed by atoms with Gasteiger partial charge < -0.3 is 5.21 Å². The smallest absolute Gasteiger partial charge is 0.361 e. The van der Waals surface area contributed by atoms with Crippen LogP contribution in [0.15, 0.2) is 4.79 Å². The van der Waals surface area contributed by atoms with E-state index in [-0.39, 0.29) is 5.69 Å². The normalized spacial score (nSPS) is 16.1. The number of hydrogen-bond acceptors (Lipinski definition) is 3. The molecule has 1 N–H and O–H groups in total. The summed E-state index contributed by atoms with van der Waals surface area (Å²) in [4.78, 5) is 11.2. The lowest BCUT2D eigenvalue weighted by Crippen LogP contribution is -2.21. The molecule has 2 heterocycles. The maximum absolute atomic E-state index is 11.2. The number of aromatic nitrogens is 2. The molecule has 0 saturated heterocycles. The first-order chi connectivity index (χ1) is 5.72. The minimum atomic E-state index is -0.331. The van der Waals surface area contributed by atoms with Gasteiger partial charge in [0.15, 0.2) is 0 Å². The van der Waals surface area contributed by atoms with E-state index in [0.29, 0.717) is 0 Å². The second kappa shape index (κ2) is 2.58. The molecule has 0 atom stereocenters. The molecule has 0 amide bonds. The average Bonchev–Trinajstić information content (AvgIpc) is 2.33. The Hall–Kier alpha value is -0.840. The molecule has 12 heavy (non-hydrogen) atoms. The summed E-state index contributed by atoms with van der Waals surface area (Å²) in [6, 6.07) is 0. The van der Waals surface area contributed by atoms with E-state index in [1.54, 1.807) is 18.8 Å². The van der Waals surface area contributed by atoms with Gasteiger partial charge in [0.2, 0.25) is 0 Å². The van der Waals surface area contributed by atoms with Crippen LogP contribution in [0, 0.1) is 0 Å². The molecule has 1 aromatic rings. The van der Waals surface area contributed by atoms with E-state index in [2.05, 4.69) is 0 Å². The number of thioether (sulfide) groups is 1. The average molecular weight is 186 g/mol. The number of nitrogens with zero attached hydrogens (tertiary/aromatic N) is 2. The van der Waals surface area contributed by atoms with Crippen molar-refractivity contribution in [1.82, 2.24) is 9.30 Å². The van der Waals surface area contributed by atoms with Crippen molar-refractivity contribution in [2.75, 3.05) is 5.75 Å². The zero-order chi connectivity index (χ0) is 8.72. The van der Waals surface area contributed by atoms with Crippen LogP contribution in [-0.2, 0) is 19.2 Å². The Morgan fingerprint density at radius 1 is 1.50 bits per heavy atom. The van der Waals surface area contributed by atoms with Crippen LogP contribution in [0.25, 0.3) is 0 Å². The maximum atomic E-state index is 11.2. The Bertz CT molecular complexity index is 334. The van der Waals surface area contributed by atoms with E-state index in [0.717, 1.165) is 34.0 Å². The van der Waals surface area contributed by atoms with Gasteiger partial charge in [-0.25, -0.2) is 4.79 Å².